The van der Waals surface area contributed by atoms with Crippen molar-refractivity contribution >= 4 is 29.3 Å². The average molecular weight is 308 g/mol. The largest absolute Gasteiger partial charge is 0.326 e. The van der Waals surface area contributed by atoms with Crippen molar-refractivity contribution in [3.63, 3.8) is 0 Å². The molecule has 0 atom stereocenters. The van der Waals surface area contributed by atoms with E-state index in [2.05, 4.69) is 10.6 Å². The van der Waals surface area contributed by atoms with Gasteiger partial charge in [0, 0.05) is 23.9 Å². The highest BCUT2D eigenvalue weighted by Crippen LogP contribution is 2.14. The molecule has 0 aliphatic carbocycles. The Bertz CT molecular complexity index is 676. The summed E-state index contributed by atoms with van der Waals surface area (Å²) in [6, 6.07) is 16.7. The van der Waals surface area contributed by atoms with Crippen molar-refractivity contribution in [2.75, 3.05) is 10.6 Å². The summed E-state index contributed by atoms with van der Waals surface area (Å²) in [4.78, 5) is 23.4. The van der Waals surface area contributed by atoms with Crippen LogP contribution in [0.4, 0.5) is 11.4 Å². The predicted octanol–water partition coefficient (Wildman–Crippen LogP) is 4.08. The molecule has 0 saturated heterocycles. The number of hydrogen-bond acceptors (Lipinski definition) is 2. The van der Waals surface area contributed by atoms with Gasteiger partial charge in [0.15, 0.2) is 0 Å². The number of rotatable bonds is 6. The molecule has 2 aromatic rings. The van der Waals surface area contributed by atoms with Gasteiger partial charge in [-0.2, -0.15) is 0 Å². The van der Waals surface area contributed by atoms with E-state index in [4.69, 9.17) is 0 Å². The lowest BCUT2D eigenvalue weighted by molar-refractivity contribution is -0.116. The van der Waals surface area contributed by atoms with Crippen LogP contribution in [0.25, 0.3) is 6.08 Å². The quantitative estimate of drug-likeness (QED) is 0.790. The minimum absolute atomic E-state index is 0.00456. The first kappa shape index (κ1) is 16.5. The summed E-state index contributed by atoms with van der Waals surface area (Å²) in [5, 5.41) is 5.58. The van der Waals surface area contributed by atoms with Crippen LogP contribution in [0.1, 0.15) is 25.3 Å². The number of carbonyl (C=O) groups is 2. The third-order valence-corrected chi connectivity index (χ3v) is 3.14. The van der Waals surface area contributed by atoms with Crippen LogP contribution in [0.5, 0.6) is 0 Å². The van der Waals surface area contributed by atoms with Crippen LogP contribution in [0, 0.1) is 0 Å². The van der Waals surface area contributed by atoms with Gasteiger partial charge >= 0.3 is 0 Å². The Morgan fingerprint density at radius 2 is 1.52 bits per heavy atom. The maximum absolute atomic E-state index is 11.9. The van der Waals surface area contributed by atoms with E-state index in [0.29, 0.717) is 12.1 Å². The summed E-state index contributed by atoms with van der Waals surface area (Å²) in [5.41, 5.74) is 2.37. The highest BCUT2D eigenvalue weighted by atomic mass is 16.2. The number of anilines is 2. The van der Waals surface area contributed by atoms with Crippen molar-refractivity contribution in [1.29, 1.82) is 0 Å². The van der Waals surface area contributed by atoms with E-state index >= 15 is 0 Å². The number of amides is 2. The Labute approximate surface area is 136 Å². The van der Waals surface area contributed by atoms with Crippen molar-refractivity contribution in [2.45, 2.75) is 19.8 Å². The number of hydrogen-bond donors (Lipinski definition) is 2. The Kier molecular flexibility index (Phi) is 6.12. The van der Waals surface area contributed by atoms with Gasteiger partial charge in [-0.3, -0.25) is 9.59 Å². The molecule has 0 radical (unpaired) electrons. The molecule has 2 aromatic carbocycles. The number of carbonyl (C=O) groups excluding carboxylic acids is 2. The molecule has 0 spiro atoms. The minimum Gasteiger partial charge on any atom is -0.326 e. The zero-order valence-corrected chi connectivity index (χ0v) is 13.1. The van der Waals surface area contributed by atoms with Crippen molar-refractivity contribution in [2.24, 2.45) is 0 Å². The van der Waals surface area contributed by atoms with E-state index in [1.807, 2.05) is 37.3 Å². The molecule has 2 rings (SSSR count). The lowest BCUT2D eigenvalue weighted by atomic mass is 10.2. The molecule has 0 aliphatic rings. The summed E-state index contributed by atoms with van der Waals surface area (Å²) in [6.07, 6.45) is 4.57. The van der Waals surface area contributed by atoms with Crippen LogP contribution in [-0.4, -0.2) is 11.8 Å². The third kappa shape index (κ3) is 5.79. The zero-order chi connectivity index (χ0) is 16.5. The second-order valence-electron chi connectivity index (χ2n) is 5.11. The summed E-state index contributed by atoms with van der Waals surface area (Å²) >= 11 is 0. The highest BCUT2D eigenvalue weighted by molar-refractivity contribution is 6.02. The molecule has 4 heteroatoms. The Morgan fingerprint density at radius 1 is 0.913 bits per heavy atom. The normalized spacial score (nSPS) is 10.5. The Hall–Kier alpha value is -2.88. The van der Waals surface area contributed by atoms with Crippen LogP contribution < -0.4 is 10.6 Å². The molecule has 0 aliphatic heterocycles. The summed E-state index contributed by atoms with van der Waals surface area (Å²) in [7, 11) is 0. The molecule has 2 N–H and O–H groups in total. The molecule has 0 bridgehead atoms. The van der Waals surface area contributed by atoms with Crippen molar-refractivity contribution in [1.82, 2.24) is 0 Å². The van der Waals surface area contributed by atoms with Gasteiger partial charge in [0.05, 0.1) is 0 Å². The fourth-order valence-corrected chi connectivity index (χ4v) is 2.01. The second kappa shape index (κ2) is 8.54. The molecular weight excluding hydrogens is 288 g/mol. The molecular formula is C19H20N2O2. The van der Waals surface area contributed by atoms with Gasteiger partial charge in [-0.05, 0) is 42.3 Å². The zero-order valence-electron chi connectivity index (χ0n) is 13.1. The lowest BCUT2D eigenvalue weighted by Crippen LogP contribution is -2.11. The van der Waals surface area contributed by atoms with Gasteiger partial charge in [0.1, 0.15) is 0 Å². The van der Waals surface area contributed by atoms with E-state index < -0.39 is 0 Å². The van der Waals surface area contributed by atoms with Crippen LogP contribution in [0.2, 0.25) is 0 Å². The molecule has 0 aromatic heterocycles. The maximum atomic E-state index is 11.9. The van der Waals surface area contributed by atoms with Crippen LogP contribution >= 0.6 is 0 Å². The Morgan fingerprint density at radius 3 is 2.13 bits per heavy atom. The first-order chi connectivity index (χ1) is 11.2. The topological polar surface area (TPSA) is 58.2 Å². The fourth-order valence-electron chi connectivity index (χ4n) is 2.01. The molecule has 0 fully saturated rings. The molecule has 4 nitrogen and oxygen atoms in total. The first-order valence-electron chi connectivity index (χ1n) is 7.61. The molecule has 0 heterocycles. The molecule has 2 amide bonds. The van der Waals surface area contributed by atoms with E-state index in [0.717, 1.165) is 17.7 Å². The lowest BCUT2D eigenvalue weighted by Gasteiger charge is -2.06. The van der Waals surface area contributed by atoms with E-state index in [1.165, 1.54) is 6.08 Å². The number of nitrogens with one attached hydrogen (secondary N) is 2. The van der Waals surface area contributed by atoms with Crippen molar-refractivity contribution in [3.8, 4) is 0 Å². The summed E-state index contributed by atoms with van der Waals surface area (Å²) in [5.74, 6) is -0.202. The van der Waals surface area contributed by atoms with Gasteiger partial charge < -0.3 is 10.6 Å². The minimum atomic E-state index is -0.198. The van der Waals surface area contributed by atoms with E-state index in [-0.39, 0.29) is 11.8 Å². The summed E-state index contributed by atoms with van der Waals surface area (Å²) < 4.78 is 0. The predicted molar refractivity (Wildman–Crippen MR) is 94.1 cm³/mol. The SMILES string of the molecule is CCCC(=O)Nc1ccc(NC(=O)/C=C/c2ccccc2)cc1. The van der Waals surface area contributed by atoms with Crippen LogP contribution in [-0.2, 0) is 9.59 Å². The average Bonchev–Trinajstić information content (AvgIpc) is 2.56. The molecule has 23 heavy (non-hydrogen) atoms. The third-order valence-electron chi connectivity index (χ3n) is 3.14. The molecule has 118 valence electrons. The number of benzene rings is 2. The smallest absolute Gasteiger partial charge is 0.248 e. The summed E-state index contributed by atoms with van der Waals surface area (Å²) in [6.45, 7) is 1.96. The maximum Gasteiger partial charge on any atom is 0.248 e. The van der Waals surface area contributed by atoms with E-state index in [9.17, 15) is 9.59 Å². The second-order valence-corrected chi connectivity index (χ2v) is 5.11. The van der Waals surface area contributed by atoms with Gasteiger partial charge in [-0.15, -0.1) is 0 Å². The Balaban J connectivity index is 1.89. The van der Waals surface area contributed by atoms with E-state index in [1.54, 1.807) is 30.3 Å². The van der Waals surface area contributed by atoms with Crippen LogP contribution in [0.15, 0.2) is 60.7 Å². The van der Waals surface area contributed by atoms with Gasteiger partial charge in [-0.25, -0.2) is 0 Å². The first-order valence-corrected chi connectivity index (χ1v) is 7.61. The van der Waals surface area contributed by atoms with Crippen LogP contribution in [0.3, 0.4) is 0 Å². The molecule has 0 unspecified atom stereocenters. The molecule has 0 saturated carbocycles. The van der Waals surface area contributed by atoms with Crippen molar-refractivity contribution < 1.29 is 9.59 Å². The van der Waals surface area contributed by atoms with Crippen molar-refractivity contribution in [3.05, 3.63) is 66.2 Å². The van der Waals surface area contributed by atoms with Gasteiger partial charge in [0.2, 0.25) is 11.8 Å². The monoisotopic (exact) mass is 308 g/mol. The van der Waals surface area contributed by atoms with Gasteiger partial charge in [-0.1, -0.05) is 37.3 Å². The fraction of sp³-hybridized carbons (Fsp3) is 0.158. The standard InChI is InChI=1S/C19H20N2O2/c1-2-6-18(22)20-16-10-12-17(13-11-16)21-19(23)14-9-15-7-4-3-5-8-15/h3-5,7-14H,2,6H2,1H3,(H,20,22)(H,21,23)/b14-9+. The van der Waals surface area contributed by atoms with Gasteiger partial charge in [0.25, 0.3) is 0 Å². The highest BCUT2D eigenvalue weighted by Gasteiger charge is 2.02.